The highest BCUT2D eigenvalue weighted by Crippen LogP contribution is 2.47. The molecule has 0 saturated heterocycles. The highest BCUT2D eigenvalue weighted by atomic mass is 28.3. The van der Waals surface area contributed by atoms with Crippen molar-refractivity contribution in [2.75, 3.05) is 0 Å². The van der Waals surface area contributed by atoms with E-state index in [1.165, 1.54) is 86.8 Å². The van der Waals surface area contributed by atoms with E-state index in [-0.39, 0.29) is 32.5 Å². The predicted molar refractivity (Wildman–Crippen MR) is 368 cm³/mol. The molecule has 0 aromatic heterocycles. The van der Waals surface area contributed by atoms with Crippen LogP contribution in [0.3, 0.4) is 0 Å². The summed E-state index contributed by atoms with van der Waals surface area (Å²) in [4.78, 5) is 0. The van der Waals surface area contributed by atoms with Gasteiger partial charge in [0.05, 0.1) is 0 Å². The average molecular weight is 1150 g/mol. The fraction of sp³-hybridized carbons (Fsp3) is 0.400. The fourth-order valence-electron chi connectivity index (χ4n) is 14.2. The van der Waals surface area contributed by atoms with Crippen LogP contribution in [0.25, 0.3) is 11.1 Å². The third kappa shape index (κ3) is 11.1. The van der Waals surface area contributed by atoms with E-state index >= 15 is 0 Å². The van der Waals surface area contributed by atoms with E-state index in [0.29, 0.717) is 11.5 Å². The summed E-state index contributed by atoms with van der Waals surface area (Å²) in [6.45, 7) is 41.4. The zero-order valence-corrected chi connectivity index (χ0v) is 56.6. The molecule has 0 heterocycles. The van der Waals surface area contributed by atoms with Crippen LogP contribution in [0, 0.1) is 0 Å². The van der Waals surface area contributed by atoms with Gasteiger partial charge in [-0.1, -0.05) is 282 Å². The van der Waals surface area contributed by atoms with E-state index in [4.69, 9.17) is 0 Å². The third-order valence-electron chi connectivity index (χ3n) is 19.4. The normalized spacial score (nSPS) is 14.7. The van der Waals surface area contributed by atoms with Crippen LogP contribution in [-0.2, 0) is 58.2 Å². The Balaban J connectivity index is 1.39. The van der Waals surface area contributed by atoms with Crippen molar-refractivity contribution >= 4 is 57.6 Å². The standard InChI is InChI=1S/C80H98O2Si2/c1-75(2,3)55-27-39-61(40-28-55)83(62-41-29-56(30-42-62)76(4,5)6,63-43-31-57(32-44-63)77(7,8)9)69-51-53-23-19-21-25-67(53)71(73(69)81)72-68-26-22-20-24-54(68)52-70(74(72)82)84(64-45-33-58(34-46-64)78(10,11)12,65-47-35-59(36-48-65)79(13,14)15)66-49-37-60(38-50-66)80(16,17)18/h27-52,81-82H,19-26H2,1-18H3. The number of benzene rings is 8. The molecule has 2 N–H and O–H groups in total. The summed E-state index contributed by atoms with van der Waals surface area (Å²) in [6.07, 6.45) is 7.71. The Morgan fingerprint density at radius 3 is 0.619 bits per heavy atom. The highest BCUT2D eigenvalue weighted by molar-refractivity contribution is 7.21. The van der Waals surface area contributed by atoms with Crippen LogP contribution in [0.4, 0.5) is 0 Å². The Morgan fingerprint density at radius 2 is 0.440 bits per heavy atom. The van der Waals surface area contributed by atoms with Gasteiger partial charge in [-0.15, -0.1) is 0 Å². The summed E-state index contributed by atoms with van der Waals surface area (Å²) in [5.74, 6) is 0.654. The van der Waals surface area contributed by atoms with Gasteiger partial charge in [0.1, 0.15) is 11.5 Å². The second-order valence-electron chi connectivity index (χ2n) is 31.4. The lowest BCUT2D eigenvalue weighted by Gasteiger charge is -2.39. The molecule has 0 bridgehead atoms. The van der Waals surface area contributed by atoms with Gasteiger partial charge < -0.3 is 10.2 Å². The van der Waals surface area contributed by atoms with Crippen LogP contribution < -0.4 is 41.5 Å². The largest absolute Gasteiger partial charge is 0.507 e. The first kappa shape index (κ1) is 60.9. The maximum Gasteiger partial charge on any atom is 0.183 e. The molecular weight excluding hydrogens is 1050 g/mol. The Morgan fingerprint density at radius 1 is 0.262 bits per heavy atom. The molecule has 0 spiro atoms. The van der Waals surface area contributed by atoms with Crippen LogP contribution in [0.2, 0.25) is 0 Å². The zero-order valence-electron chi connectivity index (χ0n) is 54.6. The van der Waals surface area contributed by atoms with Crippen LogP contribution in [0.15, 0.2) is 158 Å². The number of fused-ring (bicyclic) bond motifs is 2. The zero-order chi connectivity index (χ0) is 60.7. The summed E-state index contributed by atoms with van der Waals surface area (Å²) >= 11 is 0. The molecule has 10 rings (SSSR count). The van der Waals surface area contributed by atoms with E-state index in [9.17, 15) is 10.2 Å². The number of hydrogen-bond acceptors (Lipinski definition) is 2. The first-order valence-electron chi connectivity index (χ1n) is 31.7. The van der Waals surface area contributed by atoms with E-state index in [2.05, 4.69) is 282 Å². The smallest absolute Gasteiger partial charge is 0.183 e. The maximum atomic E-state index is 14.6. The van der Waals surface area contributed by atoms with Gasteiger partial charge in [0.15, 0.2) is 16.1 Å². The van der Waals surface area contributed by atoms with Crippen LogP contribution in [0.5, 0.6) is 11.5 Å². The lowest BCUT2D eigenvalue weighted by Crippen LogP contribution is -2.75. The Hall–Kier alpha value is -6.21. The third-order valence-corrected chi connectivity index (χ3v) is 29.0. The Kier molecular flexibility index (Phi) is 15.9. The van der Waals surface area contributed by atoms with Crippen molar-refractivity contribution in [2.45, 2.75) is 208 Å². The minimum absolute atomic E-state index is 0.0509. The molecule has 4 heteroatoms. The summed E-state index contributed by atoms with van der Waals surface area (Å²) < 4.78 is 0. The van der Waals surface area contributed by atoms with Crippen molar-refractivity contribution < 1.29 is 10.2 Å². The first-order chi connectivity index (χ1) is 39.3. The van der Waals surface area contributed by atoms with Crippen LogP contribution >= 0.6 is 0 Å². The van der Waals surface area contributed by atoms with E-state index in [0.717, 1.165) is 72.9 Å². The number of hydrogen-bond donors (Lipinski definition) is 2. The molecule has 438 valence electrons. The Bertz CT molecular complexity index is 3140. The lowest BCUT2D eigenvalue weighted by atomic mass is 9.80. The van der Waals surface area contributed by atoms with E-state index in [1.807, 2.05) is 0 Å². The molecule has 84 heavy (non-hydrogen) atoms. The lowest BCUT2D eigenvalue weighted by molar-refractivity contribution is 0.470. The van der Waals surface area contributed by atoms with Gasteiger partial charge in [0.25, 0.3) is 0 Å². The molecule has 0 saturated carbocycles. The van der Waals surface area contributed by atoms with Gasteiger partial charge in [0, 0.05) is 11.1 Å². The maximum absolute atomic E-state index is 14.6. The van der Waals surface area contributed by atoms with Gasteiger partial charge in [-0.25, -0.2) is 0 Å². The molecular formula is C80H98O2Si2. The topological polar surface area (TPSA) is 40.5 Å². The van der Waals surface area contributed by atoms with E-state index in [1.54, 1.807) is 0 Å². The second-order valence-corrected chi connectivity index (χ2v) is 39.0. The molecule has 0 amide bonds. The average Bonchev–Trinajstić information content (AvgIpc) is 0.835. The molecule has 2 aliphatic rings. The van der Waals surface area contributed by atoms with Crippen molar-refractivity contribution in [2.24, 2.45) is 0 Å². The molecule has 8 aromatic carbocycles. The van der Waals surface area contributed by atoms with Gasteiger partial charge in [0.2, 0.25) is 0 Å². The van der Waals surface area contributed by atoms with Crippen molar-refractivity contribution in [1.82, 2.24) is 0 Å². The Labute approximate surface area is 509 Å². The van der Waals surface area contributed by atoms with E-state index < -0.39 is 16.1 Å². The van der Waals surface area contributed by atoms with Crippen molar-refractivity contribution in [3.8, 4) is 22.6 Å². The molecule has 0 fully saturated rings. The van der Waals surface area contributed by atoms with Gasteiger partial charge >= 0.3 is 0 Å². The highest BCUT2D eigenvalue weighted by Gasteiger charge is 2.49. The molecule has 2 aliphatic carbocycles. The number of aromatic hydroxyl groups is 2. The minimum atomic E-state index is -3.46. The molecule has 8 aromatic rings. The van der Waals surface area contributed by atoms with Gasteiger partial charge in [-0.05, 0) is 181 Å². The summed E-state index contributed by atoms with van der Waals surface area (Å²) in [5.41, 5.74) is 14.1. The summed E-state index contributed by atoms with van der Waals surface area (Å²) in [5, 5.41) is 38.6. The molecule has 0 unspecified atom stereocenters. The van der Waals surface area contributed by atoms with Crippen LogP contribution in [-0.4, -0.2) is 26.4 Å². The molecule has 0 radical (unpaired) electrons. The summed E-state index contributed by atoms with van der Waals surface area (Å²) in [7, 11) is -6.92. The van der Waals surface area contributed by atoms with Crippen molar-refractivity contribution in [1.29, 1.82) is 0 Å². The monoisotopic (exact) mass is 1150 g/mol. The number of rotatable bonds is 9. The van der Waals surface area contributed by atoms with Crippen molar-refractivity contribution in [3.63, 3.8) is 0 Å². The second kappa shape index (κ2) is 21.9. The van der Waals surface area contributed by atoms with Gasteiger partial charge in [-0.3, -0.25) is 0 Å². The first-order valence-corrected chi connectivity index (χ1v) is 35.7. The molecule has 0 atom stereocenters. The minimum Gasteiger partial charge on any atom is -0.507 e. The number of phenolic OH excluding ortho intramolecular Hbond substituents is 2. The number of aryl methyl sites for hydroxylation is 2. The molecule has 2 nitrogen and oxygen atoms in total. The van der Waals surface area contributed by atoms with Crippen LogP contribution in [0.1, 0.15) is 206 Å². The number of phenols is 2. The van der Waals surface area contributed by atoms with Crippen molar-refractivity contribution in [3.05, 3.63) is 213 Å². The van der Waals surface area contributed by atoms with Gasteiger partial charge in [-0.2, -0.15) is 0 Å². The SMILES string of the molecule is CC(C)(C)c1ccc([Si](c2ccc(C(C)(C)C)cc2)(c2ccc(C(C)(C)C)cc2)c2cc3c(c(-c4c(O)c([Si](c5ccc(C(C)(C)C)cc5)(c5ccc(C(C)(C)C)cc5)c5ccc(C(C)(C)C)cc5)cc5c4CCCC5)c2O)CCCC3)cc1. The predicted octanol–water partition coefficient (Wildman–Crippen LogP) is 15.1. The molecule has 0 aliphatic heterocycles. The fourth-order valence-corrected chi connectivity index (χ4v) is 23.8. The summed E-state index contributed by atoms with van der Waals surface area (Å²) in [6, 6.07) is 62.0. The quantitative estimate of drug-likeness (QED) is 0.112.